The molecule has 1 aromatic carbocycles. The Labute approximate surface area is 116 Å². The summed E-state index contributed by atoms with van der Waals surface area (Å²) in [4.78, 5) is 13.8. The Morgan fingerprint density at radius 1 is 1.26 bits per heavy atom. The van der Waals surface area contributed by atoms with Crippen LogP contribution in [0.25, 0.3) is 0 Å². The van der Waals surface area contributed by atoms with Crippen LogP contribution in [-0.2, 0) is 4.79 Å². The second-order valence-electron chi connectivity index (χ2n) is 5.40. The fourth-order valence-electron chi connectivity index (χ4n) is 1.92. The van der Waals surface area contributed by atoms with E-state index in [0.29, 0.717) is 18.9 Å². The zero-order valence-corrected chi connectivity index (χ0v) is 12.5. The highest BCUT2D eigenvalue weighted by atomic mass is 16.2. The van der Waals surface area contributed by atoms with Crippen molar-refractivity contribution < 1.29 is 4.79 Å². The maximum Gasteiger partial charge on any atom is 0.227 e. The molecule has 0 bridgehead atoms. The number of nitrogens with two attached hydrogens (primary N) is 1. The molecule has 0 fully saturated rings. The smallest absolute Gasteiger partial charge is 0.227 e. The van der Waals surface area contributed by atoms with Gasteiger partial charge in [0.1, 0.15) is 0 Å². The monoisotopic (exact) mass is 262 g/mol. The fraction of sp³-hybridized carbons (Fsp3) is 0.562. The van der Waals surface area contributed by atoms with Crippen LogP contribution in [0.15, 0.2) is 24.3 Å². The van der Waals surface area contributed by atoms with Crippen molar-refractivity contribution in [2.45, 2.75) is 39.5 Å². The van der Waals surface area contributed by atoms with E-state index in [0.717, 1.165) is 12.1 Å². The molecule has 0 radical (unpaired) electrons. The summed E-state index contributed by atoms with van der Waals surface area (Å²) < 4.78 is 0. The summed E-state index contributed by atoms with van der Waals surface area (Å²) in [6, 6.07) is 8.26. The first-order valence-corrected chi connectivity index (χ1v) is 7.06. The third-order valence-corrected chi connectivity index (χ3v) is 3.76. The van der Waals surface area contributed by atoms with E-state index in [1.165, 1.54) is 5.56 Å². The fourth-order valence-corrected chi connectivity index (χ4v) is 1.92. The van der Waals surface area contributed by atoms with Gasteiger partial charge in [-0.15, -0.1) is 0 Å². The van der Waals surface area contributed by atoms with Crippen molar-refractivity contribution in [1.82, 2.24) is 0 Å². The summed E-state index contributed by atoms with van der Waals surface area (Å²) in [6.07, 6.45) is 1.63. The normalized spacial score (nSPS) is 13.9. The van der Waals surface area contributed by atoms with E-state index in [1.54, 1.807) is 4.90 Å². The molecule has 0 saturated heterocycles. The van der Waals surface area contributed by atoms with Crippen molar-refractivity contribution in [2.75, 3.05) is 18.5 Å². The van der Waals surface area contributed by atoms with Crippen molar-refractivity contribution in [3.05, 3.63) is 29.8 Å². The molecule has 2 N–H and O–H groups in total. The molecule has 0 aliphatic rings. The van der Waals surface area contributed by atoms with Gasteiger partial charge in [-0.2, -0.15) is 0 Å². The highest BCUT2D eigenvalue weighted by molar-refractivity contribution is 5.92. The Bertz CT molecular complexity index is 400. The quantitative estimate of drug-likeness (QED) is 0.856. The molecule has 0 spiro atoms. The van der Waals surface area contributed by atoms with Gasteiger partial charge in [-0.1, -0.05) is 32.9 Å². The Hall–Kier alpha value is -1.35. The molecular formula is C16H26N2O. The molecule has 106 valence electrons. The van der Waals surface area contributed by atoms with Crippen LogP contribution >= 0.6 is 0 Å². The molecule has 1 amide bonds. The van der Waals surface area contributed by atoms with Crippen molar-refractivity contribution in [1.29, 1.82) is 0 Å². The van der Waals surface area contributed by atoms with Crippen LogP contribution in [0, 0.1) is 5.92 Å². The molecule has 0 saturated carbocycles. The van der Waals surface area contributed by atoms with Gasteiger partial charge in [-0.3, -0.25) is 4.79 Å². The molecule has 0 heterocycles. The largest absolute Gasteiger partial charge is 0.330 e. The Morgan fingerprint density at radius 2 is 1.84 bits per heavy atom. The molecule has 0 aliphatic heterocycles. The van der Waals surface area contributed by atoms with Crippen molar-refractivity contribution >= 4 is 11.6 Å². The Balaban J connectivity index is 2.72. The van der Waals surface area contributed by atoms with Gasteiger partial charge in [0.15, 0.2) is 0 Å². The van der Waals surface area contributed by atoms with E-state index in [4.69, 9.17) is 5.73 Å². The lowest BCUT2D eigenvalue weighted by Crippen LogP contribution is -2.29. The van der Waals surface area contributed by atoms with Gasteiger partial charge >= 0.3 is 0 Å². The van der Waals surface area contributed by atoms with Crippen LogP contribution in [0.2, 0.25) is 0 Å². The number of anilines is 1. The highest BCUT2D eigenvalue weighted by Crippen LogP contribution is 2.22. The number of carbonyl (C=O) groups excluding carboxylic acids is 1. The minimum atomic E-state index is 0.120. The molecule has 0 aliphatic carbocycles. The first kappa shape index (κ1) is 15.7. The number of carbonyl (C=O) groups is 1. The molecule has 1 aromatic rings. The molecule has 1 rings (SSSR count). The van der Waals surface area contributed by atoms with E-state index >= 15 is 0 Å². The maximum absolute atomic E-state index is 12.1. The molecule has 19 heavy (non-hydrogen) atoms. The summed E-state index contributed by atoms with van der Waals surface area (Å²) in [5.74, 6) is 0.913. The molecule has 3 heteroatoms. The number of rotatable bonds is 6. The number of hydrogen-bond donors (Lipinski definition) is 1. The zero-order chi connectivity index (χ0) is 14.4. The Kier molecular flexibility index (Phi) is 6.03. The number of benzene rings is 1. The van der Waals surface area contributed by atoms with Gasteiger partial charge in [-0.25, -0.2) is 0 Å². The van der Waals surface area contributed by atoms with Crippen molar-refractivity contribution in [3.8, 4) is 0 Å². The second-order valence-corrected chi connectivity index (χ2v) is 5.40. The summed E-state index contributed by atoms with van der Waals surface area (Å²) >= 11 is 0. The van der Waals surface area contributed by atoms with E-state index in [2.05, 4.69) is 26.0 Å². The van der Waals surface area contributed by atoms with E-state index < -0.39 is 0 Å². The zero-order valence-electron chi connectivity index (χ0n) is 12.5. The summed E-state index contributed by atoms with van der Waals surface area (Å²) in [5.41, 5.74) is 7.82. The highest BCUT2D eigenvalue weighted by Gasteiger charge is 2.14. The van der Waals surface area contributed by atoms with E-state index in [-0.39, 0.29) is 11.8 Å². The minimum Gasteiger partial charge on any atom is -0.330 e. The van der Waals surface area contributed by atoms with Gasteiger partial charge in [0.2, 0.25) is 5.91 Å². The number of hydrogen-bond acceptors (Lipinski definition) is 2. The summed E-state index contributed by atoms with van der Waals surface area (Å²) in [6.45, 7) is 6.94. The van der Waals surface area contributed by atoms with Gasteiger partial charge < -0.3 is 10.6 Å². The SMILES string of the molecule is CCC(C)c1ccc(N(C)C(=O)CC(C)CN)cc1. The first-order valence-electron chi connectivity index (χ1n) is 7.06. The number of amides is 1. The standard InChI is InChI=1S/C16H26N2O/c1-5-13(3)14-6-8-15(9-7-14)18(4)16(19)10-12(2)11-17/h6-9,12-13H,5,10-11,17H2,1-4H3. The van der Waals surface area contributed by atoms with Crippen molar-refractivity contribution in [2.24, 2.45) is 11.7 Å². The van der Waals surface area contributed by atoms with Crippen LogP contribution in [0.3, 0.4) is 0 Å². The lowest BCUT2D eigenvalue weighted by atomic mass is 9.98. The van der Waals surface area contributed by atoms with Gasteiger partial charge in [0, 0.05) is 19.2 Å². The van der Waals surface area contributed by atoms with E-state index in [9.17, 15) is 4.79 Å². The van der Waals surface area contributed by atoms with Crippen LogP contribution in [0.4, 0.5) is 5.69 Å². The van der Waals surface area contributed by atoms with E-state index in [1.807, 2.05) is 26.1 Å². The van der Waals surface area contributed by atoms with Crippen LogP contribution < -0.4 is 10.6 Å². The first-order chi connectivity index (χ1) is 8.99. The summed E-state index contributed by atoms with van der Waals surface area (Å²) in [7, 11) is 1.82. The minimum absolute atomic E-state index is 0.120. The van der Waals surface area contributed by atoms with Gasteiger partial charge in [-0.05, 0) is 42.5 Å². The molecule has 2 unspecified atom stereocenters. The average molecular weight is 262 g/mol. The molecular weight excluding hydrogens is 236 g/mol. The molecule has 0 aromatic heterocycles. The lowest BCUT2D eigenvalue weighted by molar-refractivity contribution is -0.119. The predicted octanol–water partition coefficient (Wildman–Crippen LogP) is 3.15. The summed E-state index contributed by atoms with van der Waals surface area (Å²) in [5, 5.41) is 0. The van der Waals surface area contributed by atoms with Crippen LogP contribution in [0.5, 0.6) is 0 Å². The molecule has 3 nitrogen and oxygen atoms in total. The Morgan fingerprint density at radius 3 is 2.32 bits per heavy atom. The van der Waals surface area contributed by atoms with Crippen LogP contribution in [-0.4, -0.2) is 19.5 Å². The topological polar surface area (TPSA) is 46.3 Å². The number of nitrogens with zero attached hydrogens (tertiary/aromatic N) is 1. The van der Waals surface area contributed by atoms with Crippen molar-refractivity contribution in [3.63, 3.8) is 0 Å². The third kappa shape index (κ3) is 4.35. The molecule has 2 atom stereocenters. The van der Waals surface area contributed by atoms with Gasteiger partial charge in [0.25, 0.3) is 0 Å². The van der Waals surface area contributed by atoms with Gasteiger partial charge in [0.05, 0.1) is 0 Å². The third-order valence-electron chi connectivity index (χ3n) is 3.76. The second kappa shape index (κ2) is 7.29. The average Bonchev–Trinajstić information content (AvgIpc) is 2.45. The van der Waals surface area contributed by atoms with Crippen LogP contribution in [0.1, 0.15) is 45.1 Å². The lowest BCUT2D eigenvalue weighted by Gasteiger charge is -2.20. The predicted molar refractivity (Wildman–Crippen MR) is 81.4 cm³/mol. The maximum atomic E-state index is 12.1.